The van der Waals surface area contributed by atoms with Gasteiger partial charge in [-0.05, 0) is 13.8 Å². The Morgan fingerprint density at radius 2 is 2.14 bits per heavy atom. The summed E-state index contributed by atoms with van der Waals surface area (Å²) in [5.74, 6) is 0. The van der Waals surface area contributed by atoms with Gasteiger partial charge in [-0.25, -0.2) is 4.79 Å². The fraction of sp³-hybridized carbons (Fsp3) is 0.500. The first-order valence-corrected chi connectivity index (χ1v) is 4.52. The molecule has 1 aromatic rings. The Morgan fingerprint density at radius 1 is 1.50 bits per heavy atom. The maximum atomic E-state index is 11.3. The Morgan fingerprint density at radius 3 is 2.71 bits per heavy atom. The largest absolute Gasteiger partial charge is 0.361 e. The van der Waals surface area contributed by atoms with Crippen molar-refractivity contribution in [1.82, 2.24) is 9.55 Å². The molecule has 1 rings (SSSR count). The van der Waals surface area contributed by atoms with Crippen LogP contribution in [0.1, 0.15) is 12.5 Å². The van der Waals surface area contributed by atoms with Crippen molar-refractivity contribution in [2.24, 2.45) is 0 Å². The van der Waals surface area contributed by atoms with Crippen LogP contribution >= 0.6 is 11.6 Å². The van der Waals surface area contributed by atoms with Crippen molar-refractivity contribution in [3.05, 3.63) is 31.6 Å². The first-order valence-electron chi connectivity index (χ1n) is 4.15. The highest BCUT2D eigenvalue weighted by molar-refractivity contribution is 6.30. The van der Waals surface area contributed by atoms with E-state index in [1.807, 2.05) is 0 Å². The molecular formula is C8H11ClN2O3. The van der Waals surface area contributed by atoms with Crippen LogP contribution in [-0.2, 0) is 11.5 Å². The summed E-state index contributed by atoms with van der Waals surface area (Å²) in [6, 6.07) is 0. The summed E-state index contributed by atoms with van der Waals surface area (Å²) in [6.45, 7) is 3.87. The number of aromatic nitrogens is 2. The number of nitrogens with one attached hydrogen (secondary N) is 1. The third-order valence-electron chi connectivity index (χ3n) is 1.78. The van der Waals surface area contributed by atoms with Crippen molar-refractivity contribution >= 4 is 11.6 Å². The number of hydrogen-bond donors (Lipinski definition) is 1. The second-order valence-corrected chi connectivity index (χ2v) is 3.08. The minimum absolute atomic E-state index is 0.0474. The fourth-order valence-electron chi connectivity index (χ4n) is 0.941. The Hall–Kier alpha value is -1.07. The van der Waals surface area contributed by atoms with Crippen LogP contribution in [0, 0.1) is 6.92 Å². The standard InChI is InChI=1S/C8H11ClN2O3/c1-3-14-4-11-6(9)5(2)7(12)10-8(11)13/h3-4H2,1-2H3,(H,10,12,13). The van der Waals surface area contributed by atoms with Crippen LogP contribution in [0.25, 0.3) is 0 Å². The van der Waals surface area contributed by atoms with E-state index in [1.54, 1.807) is 13.8 Å². The molecule has 0 aliphatic carbocycles. The quantitative estimate of drug-likeness (QED) is 0.752. The average Bonchev–Trinajstić information content (AvgIpc) is 2.14. The highest BCUT2D eigenvalue weighted by Gasteiger charge is 2.08. The fourth-order valence-corrected chi connectivity index (χ4v) is 1.15. The minimum atomic E-state index is -0.556. The summed E-state index contributed by atoms with van der Waals surface area (Å²) >= 11 is 5.80. The molecule has 0 amide bonds. The van der Waals surface area contributed by atoms with Crippen molar-refractivity contribution in [3.8, 4) is 0 Å². The topological polar surface area (TPSA) is 64.1 Å². The number of hydrogen-bond acceptors (Lipinski definition) is 3. The zero-order valence-corrected chi connectivity index (χ0v) is 8.72. The number of H-pyrrole nitrogens is 1. The molecule has 0 atom stereocenters. The van der Waals surface area contributed by atoms with Gasteiger partial charge in [0, 0.05) is 12.2 Å². The van der Waals surface area contributed by atoms with Gasteiger partial charge < -0.3 is 4.74 Å². The van der Waals surface area contributed by atoms with Gasteiger partial charge in [0.05, 0.1) is 0 Å². The first kappa shape index (κ1) is 11.0. The molecule has 1 aromatic heterocycles. The Labute approximate surface area is 85.3 Å². The van der Waals surface area contributed by atoms with Gasteiger partial charge in [0.2, 0.25) is 0 Å². The van der Waals surface area contributed by atoms with Gasteiger partial charge in [-0.15, -0.1) is 0 Å². The molecule has 0 fully saturated rings. The number of rotatable bonds is 3. The lowest BCUT2D eigenvalue weighted by molar-refractivity contribution is 0.0843. The molecule has 1 heterocycles. The van der Waals surface area contributed by atoms with Crippen molar-refractivity contribution < 1.29 is 4.74 Å². The third-order valence-corrected chi connectivity index (χ3v) is 2.26. The summed E-state index contributed by atoms with van der Waals surface area (Å²) in [7, 11) is 0. The van der Waals surface area contributed by atoms with E-state index in [4.69, 9.17) is 16.3 Å². The summed E-state index contributed by atoms with van der Waals surface area (Å²) < 4.78 is 6.20. The van der Waals surface area contributed by atoms with Gasteiger partial charge >= 0.3 is 5.69 Å². The predicted molar refractivity (Wildman–Crippen MR) is 52.7 cm³/mol. The molecule has 78 valence electrons. The van der Waals surface area contributed by atoms with Crippen LogP contribution in [0.5, 0.6) is 0 Å². The third kappa shape index (κ3) is 2.05. The van der Waals surface area contributed by atoms with Crippen molar-refractivity contribution in [3.63, 3.8) is 0 Å². The SMILES string of the molecule is CCOCn1c(Cl)c(C)c(=O)[nH]c1=O. The maximum Gasteiger partial charge on any atom is 0.331 e. The molecule has 0 saturated carbocycles. The second kappa shape index (κ2) is 4.43. The second-order valence-electron chi connectivity index (χ2n) is 2.73. The molecule has 14 heavy (non-hydrogen) atoms. The normalized spacial score (nSPS) is 10.5. The monoisotopic (exact) mass is 218 g/mol. The van der Waals surface area contributed by atoms with E-state index in [0.29, 0.717) is 12.2 Å². The van der Waals surface area contributed by atoms with E-state index < -0.39 is 11.2 Å². The molecule has 6 heteroatoms. The van der Waals surface area contributed by atoms with Gasteiger partial charge in [0.15, 0.2) is 0 Å². The van der Waals surface area contributed by atoms with E-state index in [9.17, 15) is 9.59 Å². The molecular weight excluding hydrogens is 208 g/mol. The Kier molecular flexibility index (Phi) is 3.49. The van der Waals surface area contributed by atoms with Crippen molar-refractivity contribution in [2.45, 2.75) is 20.6 Å². The molecule has 0 aliphatic rings. The van der Waals surface area contributed by atoms with Crippen LogP contribution in [0.15, 0.2) is 9.59 Å². The zero-order chi connectivity index (χ0) is 10.7. The predicted octanol–water partition coefficient (Wildman–Crippen LogP) is 0.492. The van der Waals surface area contributed by atoms with Crippen LogP contribution < -0.4 is 11.2 Å². The van der Waals surface area contributed by atoms with E-state index in [1.165, 1.54) is 4.57 Å². The summed E-state index contributed by atoms with van der Waals surface area (Å²) in [5, 5.41) is 0.118. The summed E-state index contributed by atoms with van der Waals surface area (Å²) in [5.41, 5.74) is -0.710. The van der Waals surface area contributed by atoms with E-state index in [-0.39, 0.29) is 11.9 Å². The number of ether oxygens (including phenoxy) is 1. The highest BCUT2D eigenvalue weighted by Crippen LogP contribution is 2.07. The van der Waals surface area contributed by atoms with E-state index in [0.717, 1.165) is 0 Å². The van der Waals surface area contributed by atoms with Gasteiger partial charge in [-0.2, -0.15) is 0 Å². The lowest BCUT2D eigenvalue weighted by Crippen LogP contribution is -2.32. The molecule has 0 aromatic carbocycles. The average molecular weight is 219 g/mol. The smallest absolute Gasteiger partial charge is 0.331 e. The number of nitrogens with zero attached hydrogens (tertiary/aromatic N) is 1. The summed E-state index contributed by atoms with van der Waals surface area (Å²) in [6.07, 6.45) is 0. The number of halogens is 1. The van der Waals surface area contributed by atoms with Crippen molar-refractivity contribution in [1.29, 1.82) is 0 Å². The molecule has 0 bridgehead atoms. The Bertz CT molecular complexity index is 435. The highest BCUT2D eigenvalue weighted by atomic mass is 35.5. The van der Waals surface area contributed by atoms with E-state index >= 15 is 0 Å². The molecule has 0 saturated heterocycles. The zero-order valence-electron chi connectivity index (χ0n) is 7.96. The molecule has 0 unspecified atom stereocenters. The molecule has 0 radical (unpaired) electrons. The molecule has 0 spiro atoms. The molecule has 1 N–H and O–H groups in total. The maximum absolute atomic E-state index is 11.3. The Balaban J connectivity index is 3.23. The van der Waals surface area contributed by atoms with Gasteiger partial charge in [0.25, 0.3) is 5.56 Å². The van der Waals surface area contributed by atoms with Crippen LogP contribution in [-0.4, -0.2) is 16.2 Å². The van der Waals surface area contributed by atoms with Gasteiger partial charge in [0.1, 0.15) is 11.9 Å². The lowest BCUT2D eigenvalue weighted by Gasteiger charge is -2.08. The molecule has 0 aliphatic heterocycles. The first-order chi connectivity index (χ1) is 6.57. The summed E-state index contributed by atoms with van der Waals surface area (Å²) in [4.78, 5) is 24.5. The van der Waals surface area contributed by atoms with E-state index in [2.05, 4.69) is 4.98 Å². The minimum Gasteiger partial charge on any atom is -0.361 e. The van der Waals surface area contributed by atoms with Crippen LogP contribution in [0.3, 0.4) is 0 Å². The van der Waals surface area contributed by atoms with Crippen LogP contribution in [0.2, 0.25) is 5.15 Å². The van der Waals surface area contributed by atoms with Gasteiger partial charge in [-0.1, -0.05) is 11.6 Å². The van der Waals surface area contributed by atoms with Crippen molar-refractivity contribution in [2.75, 3.05) is 6.61 Å². The lowest BCUT2D eigenvalue weighted by atomic mass is 10.4. The van der Waals surface area contributed by atoms with Crippen LogP contribution in [0.4, 0.5) is 0 Å². The molecule has 5 nitrogen and oxygen atoms in total. The van der Waals surface area contributed by atoms with Gasteiger partial charge in [-0.3, -0.25) is 14.3 Å². The number of aromatic amines is 1.